The molecular formula is C15H17Cl2NO3. The number of halogens is 2. The molecule has 114 valence electrons. The standard InChI is InChI=1S/C15H17Cl2NO3/c1-21-15(20)11-6-7-18(9-11)14(19)5-3-10-2-4-12(16)8-13(10)17/h2,4,8,11H,3,5-7,9H2,1H3. The molecule has 1 saturated heterocycles. The van der Waals surface area contributed by atoms with Gasteiger partial charge in [0.1, 0.15) is 0 Å². The highest BCUT2D eigenvalue weighted by atomic mass is 35.5. The number of hydrogen-bond donors (Lipinski definition) is 0. The number of likely N-dealkylation sites (tertiary alicyclic amines) is 1. The number of hydrogen-bond acceptors (Lipinski definition) is 3. The quantitative estimate of drug-likeness (QED) is 0.798. The van der Waals surface area contributed by atoms with Gasteiger partial charge < -0.3 is 9.64 Å². The van der Waals surface area contributed by atoms with Gasteiger partial charge in [0.15, 0.2) is 0 Å². The molecular weight excluding hydrogens is 313 g/mol. The van der Waals surface area contributed by atoms with Gasteiger partial charge in [-0.15, -0.1) is 0 Å². The monoisotopic (exact) mass is 329 g/mol. The first-order chi connectivity index (χ1) is 10.0. The normalized spacial score (nSPS) is 17.9. The molecule has 0 radical (unpaired) electrons. The van der Waals surface area contributed by atoms with Crippen LogP contribution in [0, 0.1) is 5.92 Å². The number of ether oxygens (including phenoxy) is 1. The van der Waals surface area contributed by atoms with E-state index in [1.807, 2.05) is 6.07 Å². The maximum absolute atomic E-state index is 12.2. The summed E-state index contributed by atoms with van der Waals surface area (Å²) in [5.74, 6) is -0.406. The van der Waals surface area contributed by atoms with Gasteiger partial charge in [-0.25, -0.2) is 0 Å². The van der Waals surface area contributed by atoms with E-state index in [2.05, 4.69) is 0 Å². The van der Waals surface area contributed by atoms with Gasteiger partial charge in [0.2, 0.25) is 5.91 Å². The number of rotatable bonds is 4. The maximum Gasteiger partial charge on any atom is 0.310 e. The lowest BCUT2D eigenvalue weighted by molar-refractivity contribution is -0.145. The molecule has 21 heavy (non-hydrogen) atoms. The SMILES string of the molecule is COC(=O)C1CCN(C(=O)CCc2ccc(Cl)cc2Cl)C1. The van der Waals surface area contributed by atoms with Crippen LogP contribution in [0.1, 0.15) is 18.4 Å². The number of aryl methyl sites for hydroxylation is 1. The van der Waals surface area contributed by atoms with Crippen LogP contribution in [-0.2, 0) is 20.7 Å². The predicted molar refractivity (Wildman–Crippen MR) is 81.5 cm³/mol. The van der Waals surface area contributed by atoms with Crippen molar-refractivity contribution in [2.75, 3.05) is 20.2 Å². The minimum Gasteiger partial charge on any atom is -0.469 e. The van der Waals surface area contributed by atoms with E-state index < -0.39 is 0 Å². The number of carbonyl (C=O) groups is 2. The Bertz CT molecular complexity index is 548. The Morgan fingerprint density at radius 3 is 2.81 bits per heavy atom. The lowest BCUT2D eigenvalue weighted by atomic mass is 10.1. The number of methoxy groups -OCH3 is 1. The first-order valence-corrected chi connectivity index (χ1v) is 7.56. The van der Waals surface area contributed by atoms with Crippen LogP contribution in [0.25, 0.3) is 0 Å². The van der Waals surface area contributed by atoms with E-state index in [0.29, 0.717) is 42.4 Å². The van der Waals surface area contributed by atoms with E-state index in [0.717, 1.165) is 5.56 Å². The van der Waals surface area contributed by atoms with Gasteiger partial charge >= 0.3 is 5.97 Å². The second-order valence-electron chi connectivity index (χ2n) is 5.08. The maximum atomic E-state index is 12.2. The molecule has 1 aromatic carbocycles. The average molecular weight is 330 g/mol. The van der Waals surface area contributed by atoms with Crippen LogP contribution in [0.4, 0.5) is 0 Å². The first-order valence-electron chi connectivity index (χ1n) is 6.80. The summed E-state index contributed by atoms with van der Waals surface area (Å²) in [5.41, 5.74) is 0.901. The Morgan fingerprint density at radius 2 is 2.14 bits per heavy atom. The fraction of sp³-hybridized carbons (Fsp3) is 0.467. The van der Waals surface area contributed by atoms with Crippen LogP contribution in [-0.4, -0.2) is 37.0 Å². The van der Waals surface area contributed by atoms with E-state index in [1.165, 1.54) is 7.11 Å². The van der Waals surface area contributed by atoms with E-state index in [-0.39, 0.29) is 17.8 Å². The summed E-state index contributed by atoms with van der Waals surface area (Å²) in [6.45, 7) is 1.05. The Labute approximate surface area is 134 Å². The van der Waals surface area contributed by atoms with Crippen LogP contribution in [0.15, 0.2) is 18.2 Å². The molecule has 1 aliphatic rings. The number of nitrogens with zero attached hydrogens (tertiary/aromatic N) is 1. The number of amides is 1. The highest BCUT2D eigenvalue weighted by Gasteiger charge is 2.31. The zero-order valence-corrected chi connectivity index (χ0v) is 13.3. The molecule has 1 aliphatic heterocycles. The minimum absolute atomic E-state index is 0.0346. The van der Waals surface area contributed by atoms with E-state index in [9.17, 15) is 9.59 Å². The van der Waals surface area contributed by atoms with Crippen molar-refractivity contribution in [3.05, 3.63) is 33.8 Å². The van der Waals surface area contributed by atoms with Crippen LogP contribution in [0.2, 0.25) is 10.0 Å². The summed E-state index contributed by atoms with van der Waals surface area (Å²) < 4.78 is 4.71. The molecule has 0 aliphatic carbocycles. The van der Waals surface area contributed by atoms with Gasteiger partial charge in [-0.2, -0.15) is 0 Å². The number of esters is 1. The zero-order chi connectivity index (χ0) is 15.4. The zero-order valence-electron chi connectivity index (χ0n) is 11.8. The molecule has 0 saturated carbocycles. The van der Waals surface area contributed by atoms with Crippen molar-refractivity contribution in [3.63, 3.8) is 0 Å². The summed E-state index contributed by atoms with van der Waals surface area (Å²) in [6, 6.07) is 5.27. The second kappa shape index (κ2) is 7.14. The molecule has 6 heteroatoms. The van der Waals surface area contributed by atoms with Gasteiger partial charge in [-0.05, 0) is 30.5 Å². The number of carbonyl (C=O) groups excluding carboxylic acids is 2. The van der Waals surface area contributed by atoms with Gasteiger partial charge in [0.05, 0.1) is 13.0 Å². The van der Waals surface area contributed by atoms with E-state index >= 15 is 0 Å². The number of benzene rings is 1. The summed E-state index contributed by atoms with van der Waals surface area (Å²) in [5, 5.41) is 1.15. The Kier molecular flexibility index (Phi) is 5.48. The molecule has 0 N–H and O–H groups in total. The minimum atomic E-state index is -0.244. The summed E-state index contributed by atoms with van der Waals surface area (Å²) in [6.07, 6.45) is 1.60. The van der Waals surface area contributed by atoms with Crippen molar-refractivity contribution in [2.24, 2.45) is 5.92 Å². The molecule has 0 spiro atoms. The van der Waals surface area contributed by atoms with Crippen LogP contribution >= 0.6 is 23.2 Å². The molecule has 1 unspecified atom stereocenters. The molecule has 1 amide bonds. The average Bonchev–Trinajstić information content (AvgIpc) is 2.95. The molecule has 1 atom stereocenters. The van der Waals surface area contributed by atoms with Crippen molar-refractivity contribution in [2.45, 2.75) is 19.3 Å². The third kappa shape index (κ3) is 4.11. The summed E-state index contributed by atoms with van der Waals surface area (Å²) in [4.78, 5) is 25.3. The Morgan fingerprint density at radius 1 is 1.38 bits per heavy atom. The van der Waals surface area contributed by atoms with E-state index in [4.69, 9.17) is 27.9 Å². The van der Waals surface area contributed by atoms with Gasteiger partial charge in [0.25, 0.3) is 0 Å². The van der Waals surface area contributed by atoms with Crippen LogP contribution in [0.5, 0.6) is 0 Å². The molecule has 0 bridgehead atoms. The van der Waals surface area contributed by atoms with Crippen molar-refractivity contribution in [1.82, 2.24) is 4.90 Å². The second-order valence-corrected chi connectivity index (χ2v) is 5.93. The molecule has 4 nitrogen and oxygen atoms in total. The third-order valence-corrected chi connectivity index (χ3v) is 4.29. The smallest absolute Gasteiger partial charge is 0.310 e. The topological polar surface area (TPSA) is 46.6 Å². The molecule has 1 aromatic rings. The first kappa shape index (κ1) is 16.1. The molecule has 0 aromatic heterocycles. The highest BCUT2D eigenvalue weighted by Crippen LogP contribution is 2.23. The third-order valence-electron chi connectivity index (χ3n) is 3.70. The van der Waals surface area contributed by atoms with Gasteiger partial charge in [0, 0.05) is 29.6 Å². The van der Waals surface area contributed by atoms with Crippen molar-refractivity contribution >= 4 is 35.1 Å². The predicted octanol–water partition coefficient (Wildman–Crippen LogP) is 2.95. The van der Waals surface area contributed by atoms with E-state index in [1.54, 1.807) is 17.0 Å². The summed E-state index contributed by atoms with van der Waals surface area (Å²) in [7, 11) is 1.37. The lowest BCUT2D eigenvalue weighted by Gasteiger charge is -2.16. The molecule has 1 fully saturated rings. The largest absolute Gasteiger partial charge is 0.469 e. The van der Waals surface area contributed by atoms with Crippen molar-refractivity contribution < 1.29 is 14.3 Å². The fourth-order valence-corrected chi connectivity index (χ4v) is 2.97. The molecule has 2 rings (SSSR count). The Balaban J connectivity index is 1.87. The highest BCUT2D eigenvalue weighted by molar-refractivity contribution is 6.35. The van der Waals surface area contributed by atoms with Gasteiger partial charge in [-0.1, -0.05) is 29.3 Å². The van der Waals surface area contributed by atoms with Crippen LogP contribution in [0.3, 0.4) is 0 Å². The molecule has 1 heterocycles. The van der Waals surface area contributed by atoms with Gasteiger partial charge in [-0.3, -0.25) is 9.59 Å². The van der Waals surface area contributed by atoms with Crippen molar-refractivity contribution in [3.8, 4) is 0 Å². The fourth-order valence-electron chi connectivity index (χ4n) is 2.47. The Hall–Kier alpha value is -1.26. The van der Waals surface area contributed by atoms with Crippen molar-refractivity contribution in [1.29, 1.82) is 0 Å². The summed E-state index contributed by atoms with van der Waals surface area (Å²) >= 11 is 11.9. The lowest BCUT2D eigenvalue weighted by Crippen LogP contribution is -2.30. The van der Waals surface area contributed by atoms with Crippen LogP contribution < -0.4 is 0 Å².